The second-order valence-corrected chi connectivity index (χ2v) is 8.75. The summed E-state index contributed by atoms with van der Waals surface area (Å²) < 4.78 is 0. The van der Waals surface area contributed by atoms with Gasteiger partial charge >= 0.3 is 0 Å². The molecule has 7 heteroatoms. The van der Waals surface area contributed by atoms with Crippen LogP contribution in [-0.4, -0.2) is 70.3 Å². The van der Waals surface area contributed by atoms with Gasteiger partial charge in [-0.2, -0.15) is 23.5 Å². The molecule has 2 fully saturated rings. The molecule has 2 aliphatic rings. The lowest BCUT2D eigenvalue weighted by molar-refractivity contribution is 0.0775. The van der Waals surface area contributed by atoms with Gasteiger partial charge in [-0.3, -0.25) is 4.99 Å². The van der Waals surface area contributed by atoms with Crippen molar-refractivity contribution >= 4 is 53.5 Å². The zero-order valence-electron chi connectivity index (χ0n) is 13.9. The van der Waals surface area contributed by atoms with E-state index in [-0.39, 0.29) is 24.0 Å². The number of halogens is 1. The van der Waals surface area contributed by atoms with E-state index in [4.69, 9.17) is 4.99 Å². The lowest BCUT2D eigenvalue weighted by Crippen LogP contribution is -2.49. The summed E-state index contributed by atoms with van der Waals surface area (Å²) in [7, 11) is 0. The zero-order valence-corrected chi connectivity index (χ0v) is 17.8. The summed E-state index contributed by atoms with van der Waals surface area (Å²) in [5, 5.41) is 14.5. The molecule has 0 aromatic carbocycles. The highest BCUT2D eigenvalue weighted by Gasteiger charge is 2.32. The first kappa shape index (κ1) is 20.7. The first-order valence-electron chi connectivity index (χ1n) is 7.99. The van der Waals surface area contributed by atoms with Crippen LogP contribution in [-0.2, 0) is 0 Å². The molecule has 2 unspecified atom stereocenters. The molecule has 0 spiro atoms. The van der Waals surface area contributed by atoms with Crippen LogP contribution in [0.5, 0.6) is 0 Å². The number of aliphatic imine (C=N–C) groups is 1. The molecule has 0 bridgehead atoms. The van der Waals surface area contributed by atoms with Crippen LogP contribution < -0.4 is 5.32 Å². The Morgan fingerprint density at radius 2 is 2.23 bits per heavy atom. The molecular formula is C15H30IN3OS2. The first-order chi connectivity index (χ1) is 10.0. The molecule has 2 rings (SSSR count). The van der Waals surface area contributed by atoms with E-state index in [1.165, 1.54) is 0 Å². The Hall–Kier alpha value is 0.660. The van der Waals surface area contributed by atoms with Gasteiger partial charge < -0.3 is 15.3 Å². The van der Waals surface area contributed by atoms with Crippen LogP contribution in [0, 0.1) is 5.92 Å². The highest BCUT2D eigenvalue weighted by molar-refractivity contribution is 14.0. The Balaban J connectivity index is 0.00000242. The van der Waals surface area contributed by atoms with Crippen molar-refractivity contribution in [3.63, 3.8) is 0 Å². The Morgan fingerprint density at radius 1 is 1.45 bits per heavy atom. The largest absolute Gasteiger partial charge is 0.387 e. The van der Waals surface area contributed by atoms with E-state index < -0.39 is 5.60 Å². The number of thioether (sulfide) groups is 2. The second-order valence-electron chi connectivity index (χ2n) is 6.30. The van der Waals surface area contributed by atoms with Crippen molar-refractivity contribution in [2.45, 2.75) is 38.0 Å². The molecule has 0 amide bonds. The molecule has 130 valence electrons. The Labute approximate surface area is 160 Å². The van der Waals surface area contributed by atoms with E-state index in [1.807, 2.05) is 11.8 Å². The average molecular weight is 459 g/mol. The molecule has 4 nitrogen and oxygen atoms in total. The predicted octanol–water partition coefficient (Wildman–Crippen LogP) is 2.51. The van der Waals surface area contributed by atoms with Crippen molar-refractivity contribution in [3.8, 4) is 0 Å². The van der Waals surface area contributed by atoms with Crippen molar-refractivity contribution in [3.05, 3.63) is 0 Å². The van der Waals surface area contributed by atoms with Crippen LogP contribution >= 0.6 is 47.5 Å². The molecule has 2 heterocycles. The quantitative estimate of drug-likeness (QED) is 0.385. The van der Waals surface area contributed by atoms with Gasteiger partial charge in [0.2, 0.25) is 0 Å². The topological polar surface area (TPSA) is 47.9 Å². The number of aliphatic hydroxyl groups is 1. The maximum absolute atomic E-state index is 10.5. The van der Waals surface area contributed by atoms with Crippen LogP contribution in [0.4, 0.5) is 0 Å². The molecule has 0 saturated carbocycles. The van der Waals surface area contributed by atoms with Gasteiger partial charge in [0.25, 0.3) is 0 Å². The lowest BCUT2D eigenvalue weighted by Gasteiger charge is -2.36. The Morgan fingerprint density at radius 3 is 2.82 bits per heavy atom. The number of rotatable bonds is 4. The molecular weight excluding hydrogens is 429 g/mol. The van der Waals surface area contributed by atoms with E-state index >= 15 is 0 Å². The summed E-state index contributed by atoms with van der Waals surface area (Å²) in [5.41, 5.74) is -0.590. The monoisotopic (exact) mass is 459 g/mol. The standard InChI is InChI=1S/C15H29N3OS2.HI/c1-4-16-14(17-10-15(19)5-7-20-11-15)18-6-8-21-13(9-18)12(2)3;/h12-13,19H,4-11H2,1-3H3,(H,16,17);1H. The van der Waals surface area contributed by atoms with Crippen molar-refractivity contribution < 1.29 is 5.11 Å². The van der Waals surface area contributed by atoms with Crippen molar-refractivity contribution in [1.82, 2.24) is 10.2 Å². The second kappa shape index (κ2) is 9.84. The van der Waals surface area contributed by atoms with E-state index in [0.717, 1.165) is 49.3 Å². The minimum Gasteiger partial charge on any atom is -0.387 e. The van der Waals surface area contributed by atoms with Gasteiger partial charge in [0.05, 0.1) is 12.1 Å². The molecule has 2 N–H and O–H groups in total. The third kappa shape index (κ3) is 5.94. The minimum absolute atomic E-state index is 0. The normalized spacial score (nSPS) is 29.6. The van der Waals surface area contributed by atoms with Crippen molar-refractivity contribution in [2.24, 2.45) is 10.9 Å². The Bertz CT molecular complexity index is 363. The summed E-state index contributed by atoms with van der Waals surface area (Å²) in [6, 6.07) is 0. The molecule has 0 radical (unpaired) electrons. The van der Waals surface area contributed by atoms with Crippen LogP contribution in [0.15, 0.2) is 4.99 Å². The third-order valence-electron chi connectivity index (χ3n) is 4.08. The predicted molar refractivity (Wildman–Crippen MR) is 111 cm³/mol. The molecule has 0 aromatic rings. The number of hydrogen-bond donors (Lipinski definition) is 2. The first-order valence-corrected chi connectivity index (χ1v) is 10.2. The fourth-order valence-electron chi connectivity index (χ4n) is 2.64. The molecule has 2 atom stereocenters. The van der Waals surface area contributed by atoms with Crippen molar-refractivity contribution in [1.29, 1.82) is 0 Å². The third-order valence-corrected chi connectivity index (χ3v) is 6.85. The highest BCUT2D eigenvalue weighted by Crippen LogP contribution is 2.28. The summed E-state index contributed by atoms with van der Waals surface area (Å²) in [6.07, 6.45) is 0.866. The number of hydrogen-bond acceptors (Lipinski definition) is 4. The van der Waals surface area contributed by atoms with E-state index in [2.05, 4.69) is 42.7 Å². The highest BCUT2D eigenvalue weighted by atomic mass is 127. The van der Waals surface area contributed by atoms with Gasteiger partial charge in [-0.15, -0.1) is 24.0 Å². The van der Waals surface area contributed by atoms with Gasteiger partial charge in [-0.1, -0.05) is 13.8 Å². The number of nitrogens with one attached hydrogen (secondary N) is 1. The summed E-state index contributed by atoms with van der Waals surface area (Å²) in [5.74, 6) is 4.70. The molecule has 0 aliphatic carbocycles. The minimum atomic E-state index is -0.590. The van der Waals surface area contributed by atoms with Gasteiger partial charge in [-0.05, 0) is 25.0 Å². The zero-order chi connectivity index (χ0) is 15.3. The maximum atomic E-state index is 10.5. The number of guanidine groups is 1. The Kier molecular flexibility index (Phi) is 9.26. The van der Waals surface area contributed by atoms with E-state index in [0.29, 0.717) is 17.7 Å². The average Bonchev–Trinajstić information content (AvgIpc) is 2.91. The maximum Gasteiger partial charge on any atom is 0.194 e. The molecule has 0 aromatic heterocycles. The number of nitrogens with zero attached hydrogens (tertiary/aromatic N) is 2. The van der Waals surface area contributed by atoms with Crippen LogP contribution in [0.2, 0.25) is 0 Å². The molecule has 2 aliphatic heterocycles. The van der Waals surface area contributed by atoms with Crippen molar-refractivity contribution in [2.75, 3.05) is 43.4 Å². The van der Waals surface area contributed by atoms with Crippen LogP contribution in [0.1, 0.15) is 27.2 Å². The SMILES string of the molecule is CCNC(=NCC1(O)CCSC1)N1CCSC(C(C)C)C1.I. The van der Waals surface area contributed by atoms with Gasteiger partial charge in [0.1, 0.15) is 0 Å². The summed E-state index contributed by atoms with van der Waals surface area (Å²) in [4.78, 5) is 7.11. The van der Waals surface area contributed by atoms with Crippen LogP contribution in [0.25, 0.3) is 0 Å². The summed E-state index contributed by atoms with van der Waals surface area (Å²) >= 11 is 3.91. The lowest BCUT2D eigenvalue weighted by atomic mass is 10.0. The fourth-order valence-corrected chi connectivity index (χ4v) is 5.22. The van der Waals surface area contributed by atoms with E-state index in [1.54, 1.807) is 0 Å². The van der Waals surface area contributed by atoms with Gasteiger partial charge in [0, 0.05) is 36.4 Å². The smallest absolute Gasteiger partial charge is 0.194 e. The molecule has 22 heavy (non-hydrogen) atoms. The van der Waals surface area contributed by atoms with E-state index in [9.17, 15) is 5.11 Å². The van der Waals surface area contributed by atoms with Crippen LogP contribution in [0.3, 0.4) is 0 Å². The van der Waals surface area contributed by atoms with Gasteiger partial charge in [-0.25, -0.2) is 0 Å². The summed E-state index contributed by atoms with van der Waals surface area (Å²) in [6.45, 7) is 10.2. The fraction of sp³-hybridized carbons (Fsp3) is 0.933. The molecule has 2 saturated heterocycles. The van der Waals surface area contributed by atoms with Gasteiger partial charge in [0.15, 0.2) is 5.96 Å².